The van der Waals surface area contributed by atoms with Crippen LogP contribution in [0.15, 0.2) is 24.4 Å². The molecule has 1 aromatic carbocycles. The second kappa shape index (κ2) is 4.59. The fourth-order valence-electron chi connectivity index (χ4n) is 1.88. The molecule has 0 saturated heterocycles. The first-order valence-electron chi connectivity index (χ1n) is 5.69. The smallest absolute Gasteiger partial charge is 0.384 e. The average Bonchev–Trinajstić information content (AvgIpc) is 2.85. The topological polar surface area (TPSA) is 80.5 Å². The average molecular weight is 314 g/mol. The molecule has 3 rings (SSSR count). The molecule has 0 saturated carbocycles. The number of alkyl halides is 3. The summed E-state index contributed by atoms with van der Waals surface area (Å²) in [6, 6.07) is 3.72. The van der Waals surface area contributed by atoms with Gasteiger partial charge in [0.1, 0.15) is 5.82 Å². The largest absolute Gasteiger partial charge is 0.433 e. The van der Waals surface area contributed by atoms with Crippen LogP contribution in [0.4, 0.5) is 19.0 Å². The highest BCUT2D eigenvalue weighted by atomic mass is 35.5. The van der Waals surface area contributed by atoms with Gasteiger partial charge < -0.3 is 5.73 Å². The highest BCUT2D eigenvalue weighted by molar-refractivity contribution is 6.35. The zero-order valence-corrected chi connectivity index (χ0v) is 11.0. The van der Waals surface area contributed by atoms with E-state index in [2.05, 4.69) is 20.2 Å². The van der Waals surface area contributed by atoms with Crippen LogP contribution in [0.1, 0.15) is 5.69 Å². The highest BCUT2D eigenvalue weighted by Crippen LogP contribution is 2.32. The van der Waals surface area contributed by atoms with Crippen LogP contribution in [-0.4, -0.2) is 20.2 Å². The van der Waals surface area contributed by atoms with Crippen molar-refractivity contribution in [2.75, 3.05) is 5.73 Å². The van der Waals surface area contributed by atoms with Crippen molar-refractivity contribution < 1.29 is 13.2 Å². The summed E-state index contributed by atoms with van der Waals surface area (Å²) in [5.74, 6) is -0.414. The van der Waals surface area contributed by atoms with E-state index in [4.69, 9.17) is 17.3 Å². The normalized spacial score (nSPS) is 12.0. The molecule has 3 aromatic rings. The lowest BCUT2D eigenvalue weighted by atomic mass is 10.1. The van der Waals surface area contributed by atoms with Gasteiger partial charge in [-0.2, -0.15) is 18.3 Å². The Balaban J connectivity index is 2.20. The number of halogens is 4. The Morgan fingerprint density at radius 3 is 2.62 bits per heavy atom. The summed E-state index contributed by atoms with van der Waals surface area (Å²) in [5.41, 5.74) is 5.23. The zero-order valence-electron chi connectivity index (χ0n) is 10.2. The second-order valence-corrected chi connectivity index (χ2v) is 4.70. The Labute approximate surface area is 121 Å². The minimum absolute atomic E-state index is 0.146. The van der Waals surface area contributed by atoms with E-state index in [9.17, 15) is 13.2 Å². The predicted octanol–water partition coefficient (Wildman–Crippen LogP) is 3.27. The summed E-state index contributed by atoms with van der Waals surface area (Å²) in [7, 11) is 0. The van der Waals surface area contributed by atoms with E-state index >= 15 is 0 Å². The molecule has 0 bridgehead atoms. The van der Waals surface area contributed by atoms with E-state index in [-0.39, 0.29) is 11.6 Å². The maximum Gasteiger partial charge on any atom is 0.433 e. The van der Waals surface area contributed by atoms with E-state index in [0.717, 1.165) is 0 Å². The van der Waals surface area contributed by atoms with Crippen molar-refractivity contribution >= 4 is 28.3 Å². The molecular weight excluding hydrogens is 307 g/mol. The van der Waals surface area contributed by atoms with Crippen molar-refractivity contribution in [2.24, 2.45) is 0 Å². The maximum absolute atomic E-state index is 12.8. The molecule has 2 heterocycles. The molecule has 2 aromatic heterocycles. The third-order valence-corrected chi connectivity index (χ3v) is 3.09. The minimum Gasteiger partial charge on any atom is -0.384 e. The Hall–Kier alpha value is -2.35. The van der Waals surface area contributed by atoms with Gasteiger partial charge in [0.05, 0.1) is 16.7 Å². The van der Waals surface area contributed by atoms with Crippen molar-refractivity contribution in [1.29, 1.82) is 0 Å². The van der Waals surface area contributed by atoms with E-state index < -0.39 is 11.9 Å². The van der Waals surface area contributed by atoms with Gasteiger partial charge in [0.2, 0.25) is 0 Å². The van der Waals surface area contributed by atoms with Crippen LogP contribution in [0.5, 0.6) is 0 Å². The summed E-state index contributed by atoms with van der Waals surface area (Å²) in [6.45, 7) is 0. The minimum atomic E-state index is -4.60. The van der Waals surface area contributed by atoms with Gasteiger partial charge in [-0.25, -0.2) is 9.97 Å². The predicted molar refractivity (Wildman–Crippen MR) is 71.5 cm³/mol. The van der Waals surface area contributed by atoms with Crippen LogP contribution in [0.25, 0.3) is 22.3 Å². The summed E-state index contributed by atoms with van der Waals surface area (Å²) in [4.78, 5) is 7.33. The number of nitrogen functional groups attached to an aromatic ring is 1. The number of aromatic nitrogens is 4. The van der Waals surface area contributed by atoms with E-state index in [1.807, 2.05) is 0 Å². The molecule has 108 valence electrons. The fourth-order valence-corrected chi connectivity index (χ4v) is 2.15. The van der Waals surface area contributed by atoms with Crippen LogP contribution < -0.4 is 5.73 Å². The molecule has 5 nitrogen and oxygen atoms in total. The molecule has 0 aliphatic heterocycles. The number of hydrogen-bond donors (Lipinski definition) is 2. The molecule has 0 unspecified atom stereocenters. The zero-order chi connectivity index (χ0) is 15.2. The monoisotopic (exact) mass is 313 g/mol. The SMILES string of the molecule is Nc1cc(C(F)(F)F)nc(-c2cc(Cl)c3[nH]ncc3c2)n1. The van der Waals surface area contributed by atoms with Gasteiger partial charge in [-0.3, -0.25) is 5.10 Å². The van der Waals surface area contributed by atoms with Gasteiger partial charge in [0, 0.05) is 17.0 Å². The standard InChI is InChI=1S/C12H7ClF3N5/c13-7-2-5(1-6-4-18-21-10(6)7)11-19-8(12(14,15)16)3-9(17)20-11/h1-4H,(H,18,21)(H2,17,19,20). The van der Waals surface area contributed by atoms with Crippen LogP contribution in [0.2, 0.25) is 5.02 Å². The van der Waals surface area contributed by atoms with E-state index in [1.165, 1.54) is 12.3 Å². The summed E-state index contributed by atoms with van der Waals surface area (Å²) >= 11 is 6.04. The Kier molecular flexibility index (Phi) is 2.98. The first-order valence-corrected chi connectivity index (χ1v) is 6.07. The Morgan fingerprint density at radius 2 is 1.90 bits per heavy atom. The van der Waals surface area contributed by atoms with E-state index in [0.29, 0.717) is 27.6 Å². The molecule has 0 spiro atoms. The molecule has 0 radical (unpaired) electrons. The maximum atomic E-state index is 12.8. The number of nitrogens with two attached hydrogens (primary N) is 1. The van der Waals surface area contributed by atoms with Crippen molar-refractivity contribution in [3.8, 4) is 11.4 Å². The number of aromatic amines is 1. The first kappa shape index (κ1) is 13.6. The van der Waals surface area contributed by atoms with Gasteiger partial charge in [-0.1, -0.05) is 11.6 Å². The number of rotatable bonds is 1. The first-order chi connectivity index (χ1) is 9.84. The van der Waals surface area contributed by atoms with Gasteiger partial charge >= 0.3 is 6.18 Å². The number of benzene rings is 1. The molecule has 3 N–H and O–H groups in total. The van der Waals surface area contributed by atoms with Crippen molar-refractivity contribution in [1.82, 2.24) is 20.2 Å². The van der Waals surface area contributed by atoms with Gasteiger partial charge in [-0.15, -0.1) is 0 Å². The van der Waals surface area contributed by atoms with Crippen LogP contribution in [-0.2, 0) is 6.18 Å². The summed E-state index contributed by atoms with van der Waals surface area (Å²) in [5, 5.41) is 7.44. The van der Waals surface area contributed by atoms with Crippen molar-refractivity contribution in [3.63, 3.8) is 0 Å². The fraction of sp³-hybridized carbons (Fsp3) is 0.0833. The number of hydrogen-bond acceptors (Lipinski definition) is 4. The molecular formula is C12H7ClF3N5. The van der Waals surface area contributed by atoms with E-state index in [1.54, 1.807) is 6.07 Å². The third kappa shape index (κ3) is 2.49. The lowest BCUT2D eigenvalue weighted by Crippen LogP contribution is -2.11. The lowest BCUT2D eigenvalue weighted by molar-refractivity contribution is -0.141. The molecule has 0 atom stereocenters. The van der Waals surface area contributed by atoms with Crippen molar-refractivity contribution in [3.05, 3.63) is 35.1 Å². The lowest BCUT2D eigenvalue weighted by Gasteiger charge is -2.09. The van der Waals surface area contributed by atoms with Gasteiger partial charge in [0.25, 0.3) is 0 Å². The summed E-state index contributed by atoms with van der Waals surface area (Å²) < 4.78 is 38.3. The molecule has 0 fully saturated rings. The summed E-state index contributed by atoms with van der Waals surface area (Å²) in [6.07, 6.45) is -3.10. The molecule has 21 heavy (non-hydrogen) atoms. The third-order valence-electron chi connectivity index (χ3n) is 2.80. The van der Waals surface area contributed by atoms with Gasteiger partial charge in [-0.05, 0) is 12.1 Å². The van der Waals surface area contributed by atoms with Gasteiger partial charge in [0.15, 0.2) is 11.5 Å². The van der Waals surface area contributed by atoms with Crippen LogP contribution in [0, 0.1) is 0 Å². The molecule has 0 aliphatic carbocycles. The Morgan fingerprint density at radius 1 is 1.14 bits per heavy atom. The molecule has 9 heteroatoms. The van der Waals surface area contributed by atoms with Crippen LogP contribution in [0.3, 0.4) is 0 Å². The highest BCUT2D eigenvalue weighted by Gasteiger charge is 2.33. The number of fused-ring (bicyclic) bond motifs is 1. The molecule has 0 amide bonds. The second-order valence-electron chi connectivity index (χ2n) is 4.29. The number of H-pyrrole nitrogens is 1. The Bertz CT molecular complexity index is 827. The van der Waals surface area contributed by atoms with Crippen molar-refractivity contribution in [2.45, 2.75) is 6.18 Å². The quantitative estimate of drug-likeness (QED) is 0.722. The molecule has 0 aliphatic rings. The van der Waals surface area contributed by atoms with Crippen LogP contribution >= 0.6 is 11.6 Å². The number of nitrogens with one attached hydrogen (secondary N) is 1. The number of nitrogens with zero attached hydrogens (tertiary/aromatic N) is 3. The number of anilines is 1.